The van der Waals surface area contributed by atoms with Crippen LogP contribution in [0.25, 0.3) is 22.4 Å². The molecule has 0 atom stereocenters. The Hall–Kier alpha value is -2.51. The standard InChI is InChI=1S/C16H13FN2O3S/c17-10-14-15(11-6-8-13(9-7-11)23(18,20)21)16(19-22-14)12-4-2-1-3-5-12/h1-9H,10H2,(H2,18,20,21)/i17-1. The topological polar surface area (TPSA) is 86.2 Å². The van der Waals surface area contributed by atoms with Crippen LogP contribution in [0.1, 0.15) is 5.76 Å². The molecule has 23 heavy (non-hydrogen) atoms. The van der Waals surface area contributed by atoms with Crippen LogP contribution in [-0.4, -0.2) is 13.6 Å². The normalized spacial score (nSPS) is 11.6. The average molecular weight is 331 g/mol. The molecule has 0 spiro atoms. The molecule has 5 nitrogen and oxygen atoms in total. The van der Waals surface area contributed by atoms with E-state index in [0.717, 1.165) is 5.56 Å². The van der Waals surface area contributed by atoms with E-state index in [4.69, 9.17) is 9.66 Å². The molecule has 0 unspecified atom stereocenters. The Morgan fingerprint density at radius 3 is 2.22 bits per heavy atom. The first-order valence-electron chi connectivity index (χ1n) is 6.74. The van der Waals surface area contributed by atoms with Gasteiger partial charge >= 0.3 is 0 Å². The zero-order valence-corrected chi connectivity index (χ0v) is 12.8. The van der Waals surface area contributed by atoms with E-state index in [9.17, 15) is 12.8 Å². The molecule has 0 saturated heterocycles. The third-order valence-electron chi connectivity index (χ3n) is 3.40. The lowest BCUT2D eigenvalue weighted by molar-refractivity contribution is 0.332. The monoisotopic (exact) mass is 331 g/mol. The first-order chi connectivity index (χ1) is 11.0. The largest absolute Gasteiger partial charge is 0.357 e. The molecule has 0 amide bonds. The van der Waals surface area contributed by atoms with Crippen molar-refractivity contribution in [1.29, 1.82) is 0 Å². The smallest absolute Gasteiger partial charge is 0.238 e. The quantitative estimate of drug-likeness (QED) is 0.796. The van der Waals surface area contributed by atoms with Gasteiger partial charge in [0.15, 0.2) is 12.4 Å². The van der Waals surface area contributed by atoms with E-state index in [2.05, 4.69) is 5.16 Å². The van der Waals surface area contributed by atoms with Crippen LogP contribution in [-0.2, 0) is 16.7 Å². The Bertz CT molecular complexity index is 920. The van der Waals surface area contributed by atoms with Crippen molar-refractivity contribution in [2.24, 2.45) is 5.14 Å². The van der Waals surface area contributed by atoms with Crippen molar-refractivity contribution in [2.45, 2.75) is 11.6 Å². The summed E-state index contributed by atoms with van der Waals surface area (Å²) in [5.74, 6) is 0.0900. The van der Waals surface area contributed by atoms with Crippen molar-refractivity contribution in [3.05, 3.63) is 60.4 Å². The number of aromatic nitrogens is 1. The molecular weight excluding hydrogens is 318 g/mol. The predicted octanol–water partition coefficient (Wildman–Crippen LogP) is 3.13. The van der Waals surface area contributed by atoms with Crippen molar-refractivity contribution >= 4 is 10.0 Å². The third kappa shape index (κ3) is 3.01. The van der Waals surface area contributed by atoms with Crippen LogP contribution in [0, 0.1) is 0 Å². The Morgan fingerprint density at radius 2 is 1.65 bits per heavy atom. The summed E-state index contributed by atoms with van der Waals surface area (Å²) in [7, 11) is -3.78. The molecule has 3 aromatic rings. The van der Waals surface area contributed by atoms with Gasteiger partial charge in [0.25, 0.3) is 0 Å². The number of nitrogens with two attached hydrogens (primary N) is 1. The lowest BCUT2D eigenvalue weighted by Crippen LogP contribution is -2.11. The second-order valence-electron chi connectivity index (χ2n) is 4.90. The first-order valence-corrected chi connectivity index (χ1v) is 8.28. The number of nitrogens with zero attached hydrogens (tertiary/aromatic N) is 1. The zero-order chi connectivity index (χ0) is 16.4. The van der Waals surface area contributed by atoms with E-state index in [0.29, 0.717) is 16.8 Å². The minimum absolute atomic E-state index is 0.0132. The van der Waals surface area contributed by atoms with Crippen LogP contribution < -0.4 is 5.14 Å². The highest BCUT2D eigenvalue weighted by molar-refractivity contribution is 7.89. The van der Waals surface area contributed by atoms with Gasteiger partial charge < -0.3 is 4.52 Å². The van der Waals surface area contributed by atoms with Crippen molar-refractivity contribution < 1.29 is 17.3 Å². The molecule has 2 N–H and O–H groups in total. The fourth-order valence-electron chi connectivity index (χ4n) is 2.32. The average Bonchev–Trinajstić information content (AvgIpc) is 2.99. The van der Waals surface area contributed by atoms with Gasteiger partial charge in [-0.15, -0.1) is 0 Å². The van der Waals surface area contributed by atoms with E-state index in [1.165, 1.54) is 12.1 Å². The minimum atomic E-state index is -3.78. The Balaban J connectivity index is 2.14. The zero-order valence-electron chi connectivity index (χ0n) is 11.9. The maximum absolute atomic E-state index is 13.2. The summed E-state index contributed by atoms with van der Waals surface area (Å²) in [6, 6.07) is 15.1. The summed E-state index contributed by atoms with van der Waals surface area (Å²) in [5.41, 5.74) is 2.38. The number of hydrogen-bond donors (Lipinski definition) is 1. The second kappa shape index (κ2) is 5.94. The number of primary sulfonamides is 1. The maximum Gasteiger partial charge on any atom is 0.238 e. The Labute approximate surface area is 132 Å². The number of rotatable bonds is 4. The molecule has 118 valence electrons. The highest BCUT2D eigenvalue weighted by atomic mass is 32.2. The van der Waals surface area contributed by atoms with Gasteiger partial charge in [-0.2, -0.15) is 0 Å². The lowest BCUT2D eigenvalue weighted by Gasteiger charge is -2.05. The summed E-state index contributed by atoms with van der Waals surface area (Å²) < 4.78 is 41.0. The number of sulfonamides is 1. The summed E-state index contributed by atoms with van der Waals surface area (Å²) in [6.45, 7) is -0.813. The number of alkyl halides is 1. The highest BCUT2D eigenvalue weighted by Gasteiger charge is 2.19. The highest BCUT2D eigenvalue weighted by Crippen LogP contribution is 2.35. The number of hydrogen-bond acceptors (Lipinski definition) is 4. The van der Waals surface area contributed by atoms with E-state index in [-0.39, 0.29) is 10.7 Å². The predicted molar refractivity (Wildman–Crippen MR) is 83.6 cm³/mol. The second-order valence-corrected chi connectivity index (χ2v) is 6.46. The van der Waals surface area contributed by atoms with E-state index < -0.39 is 16.7 Å². The summed E-state index contributed by atoms with van der Waals surface area (Å²) >= 11 is 0. The molecule has 0 aliphatic heterocycles. The van der Waals surface area contributed by atoms with Crippen LogP contribution in [0.5, 0.6) is 0 Å². The van der Waals surface area contributed by atoms with E-state index in [1.54, 1.807) is 12.1 Å². The molecule has 1 heterocycles. The summed E-state index contributed by atoms with van der Waals surface area (Å²) in [4.78, 5) is -0.0132. The summed E-state index contributed by atoms with van der Waals surface area (Å²) in [5, 5.41) is 9.03. The SMILES string of the molecule is NS(=O)(=O)c1ccc(-c2c(-c3ccccc3)noc2C[18F])cc1. The van der Waals surface area contributed by atoms with Gasteiger partial charge in [-0.1, -0.05) is 47.6 Å². The molecule has 2 aromatic carbocycles. The number of halogens is 1. The first kappa shape index (κ1) is 15.4. The van der Waals surface area contributed by atoms with Crippen molar-refractivity contribution in [1.82, 2.24) is 5.16 Å². The molecular formula is C16H13FN2O3S. The van der Waals surface area contributed by atoms with Crippen molar-refractivity contribution in [2.75, 3.05) is 0 Å². The van der Waals surface area contributed by atoms with Gasteiger partial charge in [0.2, 0.25) is 10.0 Å². The molecule has 7 heteroatoms. The molecule has 0 saturated carbocycles. The van der Waals surface area contributed by atoms with E-state index in [1.807, 2.05) is 30.3 Å². The molecule has 0 aliphatic rings. The Morgan fingerprint density at radius 1 is 1.00 bits per heavy atom. The van der Waals surface area contributed by atoms with Crippen LogP contribution in [0.4, 0.5) is 4.39 Å². The summed E-state index contributed by atoms with van der Waals surface area (Å²) in [6.07, 6.45) is 0. The van der Waals surface area contributed by atoms with Gasteiger partial charge in [-0.05, 0) is 17.7 Å². The maximum atomic E-state index is 13.2. The minimum Gasteiger partial charge on any atom is -0.357 e. The van der Waals surface area contributed by atoms with Gasteiger partial charge in [0.05, 0.1) is 10.5 Å². The molecule has 0 fully saturated rings. The van der Waals surface area contributed by atoms with Crippen LogP contribution in [0.15, 0.2) is 64.0 Å². The van der Waals surface area contributed by atoms with E-state index >= 15 is 0 Å². The molecule has 0 aliphatic carbocycles. The lowest BCUT2D eigenvalue weighted by atomic mass is 9.99. The molecule has 0 bridgehead atoms. The van der Waals surface area contributed by atoms with Crippen LogP contribution in [0.2, 0.25) is 0 Å². The van der Waals surface area contributed by atoms with Crippen LogP contribution in [0.3, 0.4) is 0 Å². The fourth-order valence-corrected chi connectivity index (χ4v) is 2.83. The molecule has 3 rings (SSSR count). The molecule has 0 radical (unpaired) electrons. The van der Waals surface area contributed by atoms with Gasteiger partial charge in [0.1, 0.15) is 5.69 Å². The fraction of sp³-hybridized carbons (Fsp3) is 0.0625. The third-order valence-corrected chi connectivity index (χ3v) is 4.33. The van der Waals surface area contributed by atoms with Crippen molar-refractivity contribution in [3.8, 4) is 22.4 Å². The van der Waals surface area contributed by atoms with Gasteiger partial charge in [-0.3, -0.25) is 0 Å². The van der Waals surface area contributed by atoms with Crippen molar-refractivity contribution in [3.63, 3.8) is 0 Å². The Kier molecular flexibility index (Phi) is 3.97. The molecule has 1 aromatic heterocycles. The van der Waals surface area contributed by atoms with Gasteiger partial charge in [-0.25, -0.2) is 17.9 Å². The number of benzene rings is 2. The van der Waals surface area contributed by atoms with Crippen LogP contribution >= 0.6 is 0 Å². The van der Waals surface area contributed by atoms with Gasteiger partial charge in [0, 0.05) is 5.56 Å².